The highest BCUT2D eigenvalue weighted by atomic mass is 16.5. The molecule has 7 nitrogen and oxygen atoms in total. The van der Waals surface area contributed by atoms with Gasteiger partial charge in [-0.3, -0.25) is 14.4 Å². The molecule has 0 bridgehead atoms. The number of carbonyl (C=O) groups is 3. The smallest absolute Gasteiger partial charge is 0.290 e. The molecule has 0 unspecified atom stereocenters. The molecule has 0 aliphatic carbocycles. The lowest BCUT2D eigenvalue weighted by molar-refractivity contribution is -0.122. The molecule has 1 aromatic rings. The van der Waals surface area contributed by atoms with Gasteiger partial charge in [0.2, 0.25) is 5.91 Å². The second-order valence-electron chi connectivity index (χ2n) is 6.23. The number of amides is 2. The van der Waals surface area contributed by atoms with E-state index in [9.17, 15) is 9.59 Å². The van der Waals surface area contributed by atoms with Crippen molar-refractivity contribution in [2.45, 2.75) is 19.3 Å². The van der Waals surface area contributed by atoms with Crippen molar-refractivity contribution < 1.29 is 24.2 Å². The van der Waals surface area contributed by atoms with Gasteiger partial charge in [0.1, 0.15) is 0 Å². The molecular weight excluding hydrogens is 336 g/mol. The van der Waals surface area contributed by atoms with E-state index in [0.29, 0.717) is 11.6 Å². The van der Waals surface area contributed by atoms with Crippen molar-refractivity contribution in [3.8, 4) is 0 Å². The molecule has 2 amide bonds. The van der Waals surface area contributed by atoms with Crippen LogP contribution < -0.4 is 5.32 Å². The summed E-state index contributed by atoms with van der Waals surface area (Å²) in [6.45, 7) is 6.35. The normalized spacial score (nSPS) is 16.8. The number of anilines is 1. The summed E-state index contributed by atoms with van der Waals surface area (Å²) in [6.07, 6.45) is 4.12. The Morgan fingerprint density at radius 2 is 2.08 bits per heavy atom. The van der Waals surface area contributed by atoms with Crippen LogP contribution in [0.15, 0.2) is 30.9 Å². The maximum Gasteiger partial charge on any atom is 0.290 e. The van der Waals surface area contributed by atoms with Crippen molar-refractivity contribution in [2.24, 2.45) is 5.92 Å². The molecule has 1 saturated heterocycles. The number of carboxylic acid groups (broad SMARTS) is 1. The van der Waals surface area contributed by atoms with Crippen LogP contribution in [0, 0.1) is 5.92 Å². The highest BCUT2D eigenvalue weighted by molar-refractivity contribution is 6.00. The molecule has 140 valence electrons. The van der Waals surface area contributed by atoms with Gasteiger partial charge in [0.15, 0.2) is 0 Å². The van der Waals surface area contributed by atoms with Crippen molar-refractivity contribution in [1.29, 1.82) is 0 Å². The van der Waals surface area contributed by atoms with Crippen LogP contribution in [0.4, 0.5) is 5.69 Å². The average molecular weight is 360 g/mol. The molecule has 0 spiro atoms. The maximum atomic E-state index is 12.7. The molecule has 2 aliphatic heterocycles. The van der Waals surface area contributed by atoms with Gasteiger partial charge in [0.05, 0.1) is 0 Å². The summed E-state index contributed by atoms with van der Waals surface area (Å²) >= 11 is 0. The Morgan fingerprint density at radius 1 is 1.38 bits per heavy atom. The largest absolute Gasteiger partial charge is 0.483 e. The molecule has 7 heteroatoms. The van der Waals surface area contributed by atoms with E-state index < -0.39 is 0 Å². The Hall–Kier alpha value is -2.67. The third-order valence-electron chi connectivity index (χ3n) is 4.55. The van der Waals surface area contributed by atoms with Gasteiger partial charge in [0.25, 0.3) is 12.4 Å². The fourth-order valence-electron chi connectivity index (χ4n) is 3.22. The van der Waals surface area contributed by atoms with E-state index in [-0.39, 0.29) is 18.3 Å². The van der Waals surface area contributed by atoms with E-state index in [1.807, 2.05) is 17.0 Å². The van der Waals surface area contributed by atoms with E-state index in [0.717, 1.165) is 56.7 Å². The number of benzene rings is 1. The van der Waals surface area contributed by atoms with E-state index in [1.54, 1.807) is 6.07 Å². The summed E-state index contributed by atoms with van der Waals surface area (Å²) < 4.78 is 5.38. The molecule has 0 aromatic heterocycles. The number of fused-ring (bicyclic) bond motifs is 1. The van der Waals surface area contributed by atoms with Gasteiger partial charge in [0, 0.05) is 37.6 Å². The fraction of sp³-hybridized carbons (Fsp3) is 0.421. The number of nitrogens with zero attached hydrogens (tertiary/aromatic N) is 1. The topological polar surface area (TPSA) is 95.9 Å². The summed E-state index contributed by atoms with van der Waals surface area (Å²) in [5, 5.41) is 9.63. The first kappa shape index (κ1) is 19.7. The summed E-state index contributed by atoms with van der Waals surface area (Å²) in [4.78, 5) is 34.4. The molecule has 0 atom stereocenters. The summed E-state index contributed by atoms with van der Waals surface area (Å²) in [5.41, 5.74) is 2.46. The lowest BCUT2D eigenvalue weighted by Crippen LogP contribution is -2.41. The van der Waals surface area contributed by atoms with Gasteiger partial charge < -0.3 is 20.1 Å². The van der Waals surface area contributed by atoms with Gasteiger partial charge in [-0.15, -0.1) is 0 Å². The Labute approximate surface area is 152 Å². The first-order valence-corrected chi connectivity index (χ1v) is 8.60. The van der Waals surface area contributed by atoms with Crippen LogP contribution in [0.1, 0.15) is 28.8 Å². The first-order chi connectivity index (χ1) is 12.6. The standard InChI is InChI=1S/C18H22N2O3.CH2O2/c1-2-17(21)19-15-3-4-16-14(11-15)5-8-20(18(16)22)12-13-6-9-23-10-7-13;2-1-3/h2-4,11,13H,1,5-10,12H2,(H,19,21);1H,(H,2,3). The molecule has 26 heavy (non-hydrogen) atoms. The Balaban J connectivity index is 0.000000758. The minimum absolute atomic E-state index is 0.0966. The Bertz CT molecular complexity index is 668. The SMILES string of the molecule is C=CC(=O)Nc1ccc2c(c1)CCN(CC1CCOCC1)C2=O.O=CO. The van der Waals surface area contributed by atoms with Crippen LogP contribution in [0.3, 0.4) is 0 Å². The van der Waals surface area contributed by atoms with Gasteiger partial charge >= 0.3 is 0 Å². The Morgan fingerprint density at radius 3 is 2.73 bits per heavy atom. The predicted molar refractivity (Wildman–Crippen MR) is 97.1 cm³/mol. The van der Waals surface area contributed by atoms with Crippen LogP contribution in [0.5, 0.6) is 0 Å². The molecule has 0 saturated carbocycles. The number of hydrogen-bond donors (Lipinski definition) is 2. The van der Waals surface area contributed by atoms with Crippen LogP contribution >= 0.6 is 0 Å². The van der Waals surface area contributed by atoms with Crippen molar-refractivity contribution in [2.75, 3.05) is 31.6 Å². The summed E-state index contributed by atoms with van der Waals surface area (Å²) in [5.74, 6) is 0.396. The van der Waals surface area contributed by atoms with Crippen LogP contribution in [0.25, 0.3) is 0 Å². The van der Waals surface area contributed by atoms with Crippen LogP contribution in [-0.4, -0.2) is 54.6 Å². The number of hydrogen-bond acceptors (Lipinski definition) is 4. The van der Waals surface area contributed by atoms with Gasteiger partial charge in [-0.05, 0) is 55.0 Å². The van der Waals surface area contributed by atoms with E-state index in [1.165, 1.54) is 6.08 Å². The first-order valence-electron chi connectivity index (χ1n) is 8.60. The molecule has 1 aromatic carbocycles. The third-order valence-corrected chi connectivity index (χ3v) is 4.55. The maximum absolute atomic E-state index is 12.7. The highest BCUT2D eigenvalue weighted by Crippen LogP contribution is 2.25. The lowest BCUT2D eigenvalue weighted by Gasteiger charge is -2.33. The number of rotatable bonds is 4. The highest BCUT2D eigenvalue weighted by Gasteiger charge is 2.27. The molecule has 0 radical (unpaired) electrons. The molecule has 1 fully saturated rings. The zero-order valence-corrected chi connectivity index (χ0v) is 14.6. The minimum atomic E-state index is -0.250. The molecule has 2 aliphatic rings. The van der Waals surface area contributed by atoms with E-state index in [4.69, 9.17) is 14.6 Å². The zero-order valence-electron chi connectivity index (χ0n) is 14.6. The third kappa shape index (κ3) is 5.16. The number of ether oxygens (including phenoxy) is 1. The summed E-state index contributed by atoms with van der Waals surface area (Å²) in [7, 11) is 0. The van der Waals surface area contributed by atoms with E-state index >= 15 is 0 Å². The predicted octanol–water partition coefficient (Wildman–Crippen LogP) is 1.94. The summed E-state index contributed by atoms with van der Waals surface area (Å²) in [6, 6.07) is 5.48. The lowest BCUT2D eigenvalue weighted by atomic mass is 9.95. The van der Waals surface area contributed by atoms with Crippen molar-refractivity contribution in [3.05, 3.63) is 42.0 Å². The number of carbonyl (C=O) groups excluding carboxylic acids is 2. The van der Waals surface area contributed by atoms with Crippen LogP contribution in [-0.2, 0) is 20.7 Å². The molecule has 2 heterocycles. The average Bonchev–Trinajstić information content (AvgIpc) is 2.65. The molecular formula is C19H24N2O5. The second kappa shape index (κ2) is 9.72. The van der Waals surface area contributed by atoms with Gasteiger partial charge in [-0.2, -0.15) is 0 Å². The zero-order chi connectivity index (χ0) is 18.9. The van der Waals surface area contributed by atoms with Crippen molar-refractivity contribution in [1.82, 2.24) is 4.90 Å². The quantitative estimate of drug-likeness (QED) is 0.632. The van der Waals surface area contributed by atoms with Gasteiger partial charge in [-0.25, -0.2) is 0 Å². The Kier molecular flexibility index (Phi) is 7.35. The number of nitrogens with one attached hydrogen (secondary N) is 1. The van der Waals surface area contributed by atoms with Crippen molar-refractivity contribution >= 4 is 24.0 Å². The van der Waals surface area contributed by atoms with Crippen LogP contribution in [0.2, 0.25) is 0 Å². The van der Waals surface area contributed by atoms with Crippen molar-refractivity contribution in [3.63, 3.8) is 0 Å². The monoisotopic (exact) mass is 360 g/mol. The molecule has 2 N–H and O–H groups in total. The van der Waals surface area contributed by atoms with E-state index in [2.05, 4.69) is 11.9 Å². The second-order valence-corrected chi connectivity index (χ2v) is 6.23. The molecule has 3 rings (SSSR count). The fourth-order valence-corrected chi connectivity index (χ4v) is 3.22. The van der Waals surface area contributed by atoms with Gasteiger partial charge in [-0.1, -0.05) is 6.58 Å². The minimum Gasteiger partial charge on any atom is -0.483 e.